The molecule has 6 aromatic rings. The maximum atomic E-state index is 13.9. The smallest absolute Gasteiger partial charge is 0.339 e. The number of ether oxygens (including phenoxy) is 8. The molecule has 0 aliphatic heterocycles. The number of hydrogen-bond donors (Lipinski definition) is 0. The fourth-order valence-electron chi connectivity index (χ4n) is 19.4. The average molecular weight is 1910 g/mol. The first kappa shape index (κ1) is 109. The van der Waals surface area contributed by atoms with Gasteiger partial charge in [0.05, 0.1) is 61.2 Å². The molecule has 0 spiro atoms. The normalized spacial score (nSPS) is 22.0. The van der Waals surface area contributed by atoms with E-state index in [0.29, 0.717) is 170 Å². The largest absolute Gasteiger partial charge is 0.465 e. The lowest BCUT2D eigenvalue weighted by Gasteiger charge is -2.41. The lowest BCUT2D eigenvalue weighted by molar-refractivity contribution is -0.152. The van der Waals surface area contributed by atoms with Crippen LogP contribution >= 0.6 is 0 Å². The topological polar surface area (TPSA) is 210 Å². The van der Waals surface area contributed by atoms with E-state index in [4.69, 9.17) is 44.3 Å². The van der Waals surface area contributed by atoms with E-state index in [-0.39, 0.29) is 47.5 Å². The molecule has 16 nitrogen and oxygen atoms in total. The number of esters is 8. The molecular weight excluding hydrogens is 1770 g/mol. The Morgan fingerprint density at radius 1 is 0.360 bits per heavy atom. The van der Waals surface area contributed by atoms with Crippen LogP contribution < -0.4 is 9.47 Å². The molecule has 0 aromatic heterocycles. The van der Waals surface area contributed by atoms with Crippen molar-refractivity contribution in [2.45, 2.75) is 302 Å². The predicted molar refractivity (Wildman–Crippen MR) is 556 cm³/mol. The maximum Gasteiger partial charge on any atom is 0.339 e. The van der Waals surface area contributed by atoms with E-state index < -0.39 is 51.2 Å². The summed E-state index contributed by atoms with van der Waals surface area (Å²) in [7, 11) is -2.76. The third kappa shape index (κ3) is 37.8. The van der Waals surface area contributed by atoms with Crippen molar-refractivity contribution in [1.82, 2.24) is 0 Å². The summed E-state index contributed by atoms with van der Waals surface area (Å²) in [6.45, 7) is 30.4. The summed E-state index contributed by atoms with van der Waals surface area (Å²) < 4.78 is 44.6. The molecule has 0 amide bonds. The van der Waals surface area contributed by atoms with E-state index in [1.807, 2.05) is 60.7 Å². The highest BCUT2D eigenvalue weighted by Crippen LogP contribution is 2.47. The number of carbonyl (C=O) groups is 8. The molecule has 0 N–H and O–H groups in total. The molecule has 6 aliphatic rings. The highest BCUT2D eigenvalue weighted by molar-refractivity contribution is 6.84. The minimum atomic E-state index is -1.44. The van der Waals surface area contributed by atoms with Crippen molar-refractivity contribution in [3.05, 3.63) is 227 Å². The third-order valence-corrected chi connectivity index (χ3v) is 29.6. The molecule has 0 radical (unpaired) electrons. The molecule has 0 unspecified atom stereocenters. The Kier molecular flexibility index (Phi) is 44.0. The van der Waals surface area contributed by atoms with Crippen LogP contribution in [-0.4, -0.2) is 102 Å². The Balaban J connectivity index is 0.000000242. The van der Waals surface area contributed by atoms with Crippen molar-refractivity contribution in [2.75, 3.05) is 26.4 Å². The van der Waals surface area contributed by atoms with Crippen molar-refractivity contribution in [1.29, 1.82) is 0 Å². The first-order chi connectivity index (χ1) is 66.9. The molecular formula is C121H148O16Si2. The zero-order chi connectivity index (χ0) is 99.6. The average Bonchev–Trinajstić information content (AvgIpc) is 0.802. The van der Waals surface area contributed by atoms with E-state index in [1.54, 1.807) is 48.5 Å². The molecule has 6 aliphatic carbocycles. The van der Waals surface area contributed by atoms with Gasteiger partial charge in [-0.3, -0.25) is 19.2 Å². The van der Waals surface area contributed by atoms with Crippen LogP contribution in [0.3, 0.4) is 0 Å². The van der Waals surface area contributed by atoms with Gasteiger partial charge in [-0.05, 0) is 353 Å². The third-order valence-electron chi connectivity index (χ3n) is 27.9. The second kappa shape index (κ2) is 56.0. The van der Waals surface area contributed by atoms with E-state index >= 15 is 0 Å². The summed E-state index contributed by atoms with van der Waals surface area (Å²) in [5.74, 6) is 30.9. The molecule has 6 fully saturated rings. The van der Waals surface area contributed by atoms with Crippen molar-refractivity contribution < 1.29 is 76.3 Å². The van der Waals surface area contributed by atoms with Gasteiger partial charge in [-0.25, -0.2) is 19.2 Å². The molecule has 18 heteroatoms. The summed E-state index contributed by atoms with van der Waals surface area (Å²) in [4.78, 5) is 100. The van der Waals surface area contributed by atoms with Gasteiger partial charge in [0.25, 0.3) is 0 Å². The zero-order valence-corrected chi connectivity index (χ0v) is 86.3. The molecule has 736 valence electrons. The Labute approximate surface area is 831 Å². The number of carbonyl (C=O) groups excluding carboxylic acids is 8. The van der Waals surface area contributed by atoms with Crippen LogP contribution in [0.15, 0.2) is 171 Å². The summed E-state index contributed by atoms with van der Waals surface area (Å²) in [5.41, 5.74) is 13.9. The summed E-state index contributed by atoms with van der Waals surface area (Å²) in [6, 6.07) is 45.7. The minimum Gasteiger partial charge on any atom is -0.465 e. The van der Waals surface area contributed by atoms with Crippen LogP contribution in [0.5, 0.6) is 11.5 Å². The van der Waals surface area contributed by atoms with Gasteiger partial charge < -0.3 is 37.9 Å². The Morgan fingerprint density at radius 3 is 0.957 bits per heavy atom. The number of terminal acetylenes is 1. The summed E-state index contributed by atoms with van der Waals surface area (Å²) in [6.07, 6.45) is 39.4. The van der Waals surface area contributed by atoms with Crippen LogP contribution in [0.25, 0.3) is 0 Å². The van der Waals surface area contributed by atoms with Crippen LogP contribution in [0.2, 0.25) is 39.3 Å². The fourth-order valence-corrected chi connectivity index (χ4v) is 20.4. The molecule has 12 rings (SSSR count). The predicted octanol–water partition coefficient (Wildman–Crippen LogP) is 25.8. The first-order valence-corrected chi connectivity index (χ1v) is 58.4. The van der Waals surface area contributed by atoms with Crippen LogP contribution in [-0.2, 0) is 57.2 Å². The fraction of sp³-hybridized carbons (Fsp3) is 0.504. The van der Waals surface area contributed by atoms with Gasteiger partial charge in [-0.2, -0.15) is 0 Å². The summed E-state index contributed by atoms with van der Waals surface area (Å²) in [5, 5.41) is 0. The SMILES string of the molecule is C#CC1(OC(=O)c2ccc(OC(=O)C3CCC(C(=O)OCCCCCOC(=O)C=C)CC3)cc2)CCC(C2CCC(CCC)CC2)CC1.C=CC(=O)OCCCCCOC(=O)C1CCC(C(=O)Oc2ccc(C(=O)OC3(C#Cc4ccc(C#Cc5ccc(C#C[Si](C)(C)C)cc5)cc4)CCC(C4CCC(CCC)CC4)CC3)cc2)CC1.CC(C)c1ccc(C#Cc2ccc(C#C[Si](C)(C)C)cc2)cc1. The second-order valence-corrected chi connectivity index (χ2v) is 50.7. The highest BCUT2D eigenvalue weighted by Gasteiger charge is 2.43. The monoisotopic (exact) mass is 1910 g/mol. The Hall–Kier alpha value is -11.6. The van der Waals surface area contributed by atoms with Crippen molar-refractivity contribution in [2.24, 2.45) is 59.2 Å². The van der Waals surface area contributed by atoms with Crippen LogP contribution in [0, 0.1) is 130 Å². The van der Waals surface area contributed by atoms with E-state index in [0.717, 1.165) is 113 Å². The van der Waals surface area contributed by atoms with Crippen molar-refractivity contribution >= 4 is 63.9 Å². The maximum absolute atomic E-state index is 13.9. The zero-order valence-electron chi connectivity index (χ0n) is 84.3. The standard InChI is InChI=1S/C59H70O8Si.C40H54O8.C22H24Si/c1-6-11-44-22-24-49(25-23-44)50-35-39-59(40-36-50,38-34-47-18-14-45(15-19-47)12-13-46-16-20-48(21-17-46)37-43-68(3,4)5)67-58(63)53-30-32-54(33-31-53)66-57(62)52-28-26-51(27-29-52)56(61)65-42-10-8-9-41-64-55(60)7-2;1-4-10-29-11-13-30(14-12-29)31-23-25-40(6-3,26-24-31)48-39(44)34-19-21-35(22-20-34)47-38(43)33-17-15-32(16-18-33)37(42)46-28-9-7-8-27-45-36(41)5-2;1-18(2)22-14-12-20(13-15-22)7-6-19-8-10-21(11-9-19)16-17-23(3,4)5/h7,14-21,30-33,44,49-52H,2,6,8-11,22-29,35-36,39-42H2,1,3-5H3;3,5,19-22,29-33H,2,4,7-18,23-28H2,1H3;8-15,18H,1-5H3. The van der Waals surface area contributed by atoms with Crippen LogP contribution in [0.1, 0.15) is 317 Å². The molecule has 0 heterocycles. The quantitative estimate of drug-likeness (QED) is 0.00753. The second-order valence-electron chi connectivity index (χ2n) is 41.2. The highest BCUT2D eigenvalue weighted by atomic mass is 28.3. The van der Waals surface area contributed by atoms with Gasteiger partial charge >= 0.3 is 47.8 Å². The van der Waals surface area contributed by atoms with E-state index in [9.17, 15) is 38.4 Å². The van der Waals surface area contributed by atoms with Crippen molar-refractivity contribution in [3.63, 3.8) is 0 Å². The van der Waals surface area contributed by atoms with Gasteiger partial charge in [0, 0.05) is 51.1 Å². The van der Waals surface area contributed by atoms with Crippen LogP contribution in [0.4, 0.5) is 0 Å². The lowest BCUT2D eigenvalue weighted by atomic mass is 9.67. The number of hydrogen-bond acceptors (Lipinski definition) is 16. The molecule has 6 aromatic carbocycles. The van der Waals surface area contributed by atoms with Gasteiger partial charge in [-0.1, -0.05) is 191 Å². The van der Waals surface area contributed by atoms with Crippen molar-refractivity contribution in [3.8, 4) is 82.3 Å². The van der Waals surface area contributed by atoms with E-state index in [2.05, 4.69) is 181 Å². The number of unbranched alkanes of at least 4 members (excludes halogenated alkanes) is 4. The van der Waals surface area contributed by atoms with Gasteiger partial charge in [0.15, 0.2) is 11.2 Å². The number of benzene rings is 6. The first-order valence-electron chi connectivity index (χ1n) is 51.4. The Morgan fingerprint density at radius 2 is 0.647 bits per heavy atom. The lowest BCUT2D eigenvalue weighted by Crippen LogP contribution is -2.39. The van der Waals surface area contributed by atoms with Gasteiger partial charge in [0.2, 0.25) is 0 Å². The van der Waals surface area contributed by atoms with Gasteiger partial charge in [-0.15, -0.1) is 17.5 Å². The Bertz CT molecular complexity index is 5390. The molecule has 0 saturated heterocycles. The molecule has 6 saturated carbocycles. The minimum absolute atomic E-state index is 0.222. The van der Waals surface area contributed by atoms with E-state index in [1.165, 1.54) is 82.6 Å². The van der Waals surface area contributed by atoms with Gasteiger partial charge in [0.1, 0.15) is 27.6 Å². The number of rotatable bonds is 31. The molecule has 0 bridgehead atoms. The summed E-state index contributed by atoms with van der Waals surface area (Å²) >= 11 is 0. The molecule has 139 heavy (non-hydrogen) atoms. The molecule has 0 atom stereocenters.